The lowest BCUT2D eigenvalue weighted by Crippen LogP contribution is -2.33. The number of rotatable bonds is 3. The van der Waals surface area contributed by atoms with E-state index in [1.165, 1.54) is 38.2 Å². The van der Waals surface area contributed by atoms with Crippen LogP contribution in [0.4, 0.5) is 10.1 Å². The summed E-state index contributed by atoms with van der Waals surface area (Å²) in [6, 6.07) is 5.62. The summed E-state index contributed by atoms with van der Waals surface area (Å²) < 4.78 is 13.8. The normalized spacial score (nSPS) is 16.6. The van der Waals surface area contributed by atoms with Gasteiger partial charge < -0.3 is 10.6 Å². The minimum atomic E-state index is -0.331. The number of benzene rings is 1. The first kappa shape index (κ1) is 13.3. The van der Waals surface area contributed by atoms with Gasteiger partial charge in [-0.1, -0.05) is 31.5 Å². The van der Waals surface area contributed by atoms with E-state index in [1.807, 2.05) is 13.1 Å². The molecular formula is C14H19FN2S. The van der Waals surface area contributed by atoms with Crippen molar-refractivity contribution in [1.82, 2.24) is 0 Å². The van der Waals surface area contributed by atoms with E-state index in [2.05, 4.69) is 4.90 Å². The Balaban J connectivity index is 2.17. The van der Waals surface area contributed by atoms with Crippen LogP contribution in [0.2, 0.25) is 0 Å². The van der Waals surface area contributed by atoms with Crippen molar-refractivity contribution in [3.05, 3.63) is 29.6 Å². The lowest BCUT2D eigenvalue weighted by Gasteiger charge is -2.33. The molecule has 0 aromatic heterocycles. The second-order valence-electron chi connectivity index (χ2n) is 4.93. The minimum Gasteiger partial charge on any atom is -0.389 e. The lowest BCUT2D eigenvalue weighted by molar-refractivity contribution is 0.427. The van der Waals surface area contributed by atoms with Gasteiger partial charge in [0.1, 0.15) is 10.8 Å². The minimum absolute atomic E-state index is 0.111. The van der Waals surface area contributed by atoms with Crippen molar-refractivity contribution >= 4 is 22.9 Å². The van der Waals surface area contributed by atoms with Gasteiger partial charge in [-0.25, -0.2) is 4.39 Å². The summed E-state index contributed by atoms with van der Waals surface area (Å²) in [6.45, 7) is 0. The average Bonchev–Trinajstić information content (AvgIpc) is 2.38. The second kappa shape index (κ2) is 5.65. The summed E-state index contributed by atoms with van der Waals surface area (Å²) in [5, 5.41) is 0. The van der Waals surface area contributed by atoms with Crippen LogP contribution in [-0.4, -0.2) is 18.1 Å². The molecule has 0 bridgehead atoms. The number of anilines is 1. The zero-order valence-corrected chi connectivity index (χ0v) is 11.5. The fourth-order valence-corrected chi connectivity index (χ4v) is 2.77. The number of nitrogens with zero attached hydrogens (tertiary/aromatic N) is 1. The Bertz CT molecular complexity index is 441. The molecule has 0 heterocycles. The van der Waals surface area contributed by atoms with Gasteiger partial charge >= 0.3 is 0 Å². The largest absolute Gasteiger partial charge is 0.389 e. The Hall–Kier alpha value is -1.16. The van der Waals surface area contributed by atoms with E-state index in [4.69, 9.17) is 18.0 Å². The Labute approximate surface area is 113 Å². The molecule has 2 rings (SSSR count). The Morgan fingerprint density at radius 1 is 1.33 bits per heavy atom. The summed E-state index contributed by atoms with van der Waals surface area (Å²) >= 11 is 4.81. The van der Waals surface area contributed by atoms with Gasteiger partial charge in [0.25, 0.3) is 0 Å². The molecule has 4 heteroatoms. The van der Waals surface area contributed by atoms with E-state index in [1.54, 1.807) is 6.07 Å². The van der Waals surface area contributed by atoms with E-state index >= 15 is 0 Å². The van der Waals surface area contributed by atoms with Gasteiger partial charge in [-0.3, -0.25) is 0 Å². The molecule has 18 heavy (non-hydrogen) atoms. The molecule has 1 aromatic rings. The molecule has 1 fully saturated rings. The highest BCUT2D eigenvalue weighted by Gasteiger charge is 2.19. The summed E-state index contributed by atoms with van der Waals surface area (Å²) in [7, 11) is 2.03. The highest BCUT2D eigenvalue weighted by molar-refractivity contribution is 7.80. The molecule has 2 N–H and O–H groups in total. The van der Waals surface area contributed by atoms with Gasteiger partial charge in [-0.15, -0.1) is 0 Å². The van der Waals surface area contributed by atoms with Gasteiger partial charge in [0, 0.05) is 24.3 Å². The van der Waals surface area contributed by atoms with Gasteiger partial charge in [0.2, 0.25) is 0 Å². The molecule has 1 aromatic carbocycles. The van der Waals surface area contributed by atoms with Crippen LogP contribution >= 0.6 is 12.2 Å². The molecule has 0 radical (unpaired) electrons. The van der Waals surface area contributed by atoms with Crippen LogP contribution in [-0.2, 0) is 0 Å². The number of hydrogen-bond acceptors (Lipinski definition) is 2. The van der Waals surface area contributed by atoms with Crippen molar-refractivity contribution in [3.63, 3.8) is 0 Å². The Morgan fingerprint density at radius 3 is 2.56 bits per heavy atom. The third-order valence-electron chi connectivity index (χ3n) is 3.75. The smallest absolute Gasteiger partial charge is 0.135 e. The third kappa shape index (κ3) is 2.80. The molecule has 0 atom stereocenters. The van der Waals surface area contributed by atoms with Crippen LogP contribution in [0.25, 0.3) is 0 Å². The monoisotopic (exact) mass is 266 g/mol. The standard InChI is InChI=1S/C14H19FN2S/c1-17(10-5-3-2-4-6-10)11-7-8-12(14(16)18)13(15)9-11/h7-10H,2-6H2,1H3,(H2,16,18). The summed E-state index contributed by atoms with van der Waals surface area (Å²) in [4.78, 5) is 2.28. The maximum atomic E-state index is 13.8. The highest BCUT2D eigenvalue weighted by atomic mass is 32.1. The van der Waals surface area contributed by atoms with Crippen molar-refractivity contribution in [2.45, 2.75) is 38.1 Å². The van der Waals surface area contributed by atoms with Crippen LogP contribution < -0.4 is 10.6 Å². The maximum Gasteiger partial charge on any atom is 0.135 e. The van der Waals surface area contributed by atoms with Crippen molar-refractivity contribution in [1.29, 1.82) is 0 Å². The first-order chi connectivity index (χ1) is 8.59. The fourth-order valence-electron chi connectivity index (χ4n) is 2.60. The number of nitrogens with two attached hydrogens (primary N) is 1. The SMILES string of the molecule is CN(c1ccc(C(N)=S)c(F)c1)C1CCCCC1. The first-order valence-electron chi connectivity index (χ1n) is 6.42. The van der Waals surface area contributed by atoms with Gasteiger partial charge in [-0.05, 0) is 31.0 Å². The second-order valence-corrected chi connectivity index (χ2v) is 5.37. The fraction of sp³-hybridized carbons (Fsp3) is 0.500. The van der Waals surface area contributed by atoms with Crippen LogP contribution in [0.3, 0.4) is 0 Å². The molecule has 0 aliphatic heterocycles. The lowest BCUT2D eigenvalue weighted by atomic mass is 9.94. The molecular weight excluding hydrogens is 247 g/mol. The van der Waals surface area contributed by atoms with Gasteiger partial charge in [0.15, 0.2) is 0 Å². The summed E-state index contributed by atoms with van der Waals surface area (Å²) in [5.41, 5.74) is 6.69. The number of thiocarbonyl (C=S) groups is 1. The zero-order chi connectivity index (χ0) is 13.1. The summed E-state index contributed by atoms with van der Waals surface area (Å²) in [5.74, 6) is -0.331. The molecule has 2 nitrogen and oxygen atoms in total. The predicted molar refractivity (Wildman–Crippen MR) is 77.6 cm³/mol. The van der Waals surface area contributed by atoms with Crippen molar-refractivity contribution in [2.75, 3.05) is 11.9 Å². The van der Waals surface area contributed by atoms with Crippen LogP contribution in [0.1, 0.15) is 37.7 Å². The Kier molecular flexibility index (Phi) is 4.17. The molecule has 1 saturated carbocycles. The molecule has 0 spiro atoms. The van der Waals surface area contributed by atoms with Crippen molar-refractivity contribution in [2.24, 2.45) is 5.73 Å². The number of hydrogen-bond donors (Lipinski definition) is 1. The van der Waals surface area contributed by atoms with Crippen molar-refractivity contribution in [3.8, 4) is 0 Å². The van der Waals surface area contributed by atoms with E-state index in [-0.39, 0.29) is 10.8 Å². The third-order valence-corrected chi connectivity index (χ3v) is 3.97. The van der Waals surface area contributed by atoms with Crippen molar-refractivity contribution < 1.29 is 4.39 Å². The topological polar surface area (TPSA) is 29.3 Å². The number of halogens is 1. The van der Waals surface area contributed by atoms with Crippen LogP contribution in [0, 0.1) is 5.82 Å². The zero-order valence-electron chi connectivity index (χ0n) is 10.7. The molecule has 0 saturated heterocycles. The van der Waals surface area contributed by atoms with Crippen LogP contribution in [0.5, 0.6) is 0 Å². The molecule has 1 aliphatic carbocycles. The summed E-state index contributed by atoms with van der Waals surface area (Å²) in [6.07, 6.45) is 6.23. The highest BCUT2D eigenvalue weighted by Crippen LogP contribution is 2.27. The predicted octanol–water partition coefficient (Wildman–Crippen LogP) is 3.23. The Morgan fingerprint density at radius 2 is 2.00 bits per heavy atom. The van der Waals surface area contributed by atoms with E-state index < -0.39 is 0 Å². The average molecular weight is 266 g/mol. The van der Waals surface area contributed by atoms with Gasteiger partial charge in [0.05, 0.1) is 0 Å². The molecule has 98 valence electrons. The molecule has 0 unspecified atom stereocenters. The van der Waals surface area contributed by atoms with Gasteiger partial charge in [-0.2, -0.15) is 0 Å². The van der Waals surface area contributed by atoms with E-state index in [0.717, 1.165) is 5.69 Å². The van der Waals surface area contributed by atoms with E-state index in [9.17, 15) is 4.39 Å². The first-order valence-corrected chi connectivity index (χ1v) is 6.82. The quantitative estimate of drug-likeness (QED) is 0.852. The van der Waals surface area contributed by atoms with E-state index in [0.29, 0.717) is 11.6 Å². The molecule has 1 aliphatic rings. The van der Waals surface area contributed by atoms with Crippen LogP contribution in [0.15, 0.2) is 18.2 Å². The maximum absolute atomic E-state index is 13.8. The molecule has 0 amide bonds.